The lowest BCUT2D eigenvalue weighted by atomic mass is 10.2. The van der Waals surface area contributed by atoms with Crippen LogP contribution in [0.4, 0.5) is 0 Å². The Labute approximate surface area is 123 Å². The summed E-state index contributed by atoms with van der Waals surface area (Å²) in [4.78, 5) is 3.88. The summed E-state index contributed by atoms with van der Waals surface area (Å²) in [6.45, 7) is 3.72. The molecule has 2 rings (SSSR count). The zero-order valence-electron chi connectivity index (χ0n) is 11.5. The highest BCUT2D eigenvalue weighted by Gasteiger charge is 2.07. The number of benzene rings is 1. The third kappa shape index (κ3) is 3.75. The molecule has 1 heterocycles. The molecule has 0 radical (unpaired) electrons. The first kappa shape index (κ1) is 14.4. The van der Waals surface area contributed by atoms with E-state index in [1.165, 1.54) is 20.2 Å². The average molecular weight is 293 g/mol. The fraction of sp³-hybridized carbons (Fsp3) is 0.333. The summed E-state index contributed by atoms with van der Waals surface area (Å²) < 4.78 is 5.95. The van der Waals surface area contributed by atoms with E-state index in [1.54, 1.807) is 11.8 Å². The van der Waals surface area contributed by atoms with Crippen LogP contribution in [0.5, 0.6) is 5.75 Å². The zero-order chi connectivity index (χ0) is 13.7. The highest BCUT2D eigenvalue weighted by Crippen LogP contribution is 2.29. The van der Waals surface area contributed by atoms with Gasteiger partial charge in [-0.3, -0.25) is 0 Å². The zero-order valence-corrected chi connectivity index (χ0v) is 13.2. The average Bonchev–Trinajstić information content (AvgIpc) is 2.77. The minimum atomic E-state index is 0.642. The van der Waals surface area contributed by atoms with Gasteiger partial charge in [0.1, 0.15) is 12.4 Å². The summed E-state index contributed by atoms with van der Waals surface area (Å²) >= 11 is 3.55. The van der Waals surface area contributed by atoms with Crippen molar-refractivity contribution in [2.45, 2.75) is 25.0 Å². The van der Waals surface area contributed by atoms with Crippen LogP contribution in [0.3, 0.4) is 0 Å². The van der Waals surface area contributed by atoms with Crippen molar-refractivity contribution in [1.82, 2.24) is 5.32 Å². The van der Waals surface area contributed by atoms with Gasteiger partial charge in [-0.25, -0.2) is 0 Å². The summed E-state index contributed by atoms with van der Waals surface area (Å²) in [5, 5.41) is 3.18. The van der Waals surface area contributed by atoms with Gasteiger partial charge in [0.05, 0.1) is 0 Å². The molecule has 4 heteroatoms. The van der Waals surface area contributed by atoms with E-state index >= 15 is 0 Å². The molecule has 0 saturated heterocycles. The van der Waals surface area contributed by atoms with Crippen molar-refractivity contribution in [3.63, 3.8) is 0 Å². The second kappa shape index (κ2) is 6.98. The summed E-state index contributed by atoms with van der Waals surface area (Å²) in [5.41, 5.74) is 1.28. The van der Waals surface area contributed by atoms with Gasteiger partial charge in [-0.15, -0.1) is 23.1 Å². The number of hydrogen-bond acceptors (Lipinski definition) is 4. The Balaban J connectivity index is 2.05. The van der Waals surface area contributed by atoms with Crippen LogP contribution in [0.25, 0.3) is 0 Å². The van der Waals surface area contributed by atoms with Gasteiger partial charge in [0, 0.05) is 26.8 Å². The van der Waals surface area contributed by atoms with Gasteiger partial charge < -0.3 is 10.1 Å². The minimum absolute atomic E-state index is 0.642. The van der Waals surface area contributed by atoms with Gasteiger partial charge in [0.15, 0.2) is 0 Å². The topological polar surface area (TPSA) is 21.3 Å². The molecule has 19 heavy (non-hydrogen) atoms. The molecule has 0 spiro atoms. The van der Waals surface area contributed by atoms with Crippen molar-refractivity contribution in [1.29, 1.82) is 0 Å². The molecule has 0 fully saturated rings. The van der Waals surface area contributed by atoms with Gasteiger partial charge in [0.25, 0.3) is 0 Å². The Morgan fingerprint density at radius 3 is 2.84 bits per heavy atom. The van der Waals surface area contributed by atoms with Gasteiger partial charge in [0.2, 0.25) is 0 Å². The molecule has 0 bridgehead atoms. The van der Waals surface area contributed by atoms with Gasteiger partial charge in [-0.1, -0.05) is 12.1 Å². The molecule has 0 atom stereocenters. The Morgan fingerprint density at radius 1 is 1.32 bits per heavy atom. The number of rotatable bonds is 6. The van der Waals surface area contributed by atoms with Crippen LogP contribution in [0.15, 0.2) is 35.2 Å². The molecule has 1 aromatic carbocycles. The molecular weight excluding hydrogens is 274 g/mol. The molecule has 102 valence electrons. The first-order valence-electron chi connectivity index (χ1n) is 6.23. The molecule has 2 nitrogen and oxygen atoms in total. The van der Waals surface area contributed by atoms with Crippen LogP contribution in [0.1, 0.15) is 15.3 Å². The lowest BCUT2D eigenvalue weighted by Gasteiger charge is -2.09. The lowest BCUT2D eigenvalue weighted by molar-refractivity contribution is 0.298. The Hall–Kier alpha value is -0.970. The molecule has 0 saturated carbocycles. The Bertz CT molecular complexity index is 537. The molecule has 1 aromatic heterocycles. The maximum Gasteiger partial charge on any atom is 0.133 e. The maximum absolute atomic E-state index is 5.95. The largest absolute Gasteiger partial charge is 0.488 e. The third-order valence-electron chi connectivity index (χ3n) is 2.87. The van der Waals surface area contributed by atoms with E-state index in [-0.39, 0.29) is 0 Å². The van der Waals surface area contributed by atoms with E-state index in [2.05, 4.69) is 30.6 Å². The van der Waals surface area contributed by atoms with Crippen molar-refractivity contribution in [2.75, 3.05) is 13.3 Å². The molecule has 0 unspecified atom stereocenters. The smallest absolute Gasteiger partial charge is 0.133 e. The predicted octanol–water partition coefficient (Wildman–Crippen LogP) is 4.08. The molecular formula is C15H19NOS2. The van der Waals surface area contributed by atoms with E-state index in [9.17, 15) is 0 Å². The van der Waals surface area contributed by atoms with E-state index in [0.29, 0.717) is 6.61 Å². The fourth-order valence-corrected chi connectivity index (χ4v) is 3.49. The van der Waals surface area contributed by atoms with E-state index < -0.39 is 0 Å². The summed E-state index contributed by atoms with van der Waals surface area (Å²) in [6.07, 6.45) is 2.07. The number of thioether (sulfide) groups is 1. The number of aryl methyl sites for hydroxylation is 1. The van der Waals surface area contributed by atoms with Crippen LogP contribution >= 0.6 is 23.1 Å². The number of para-hydroxylation sites is 1. The van der Waals surface area contributed by atoms with E-state index in [4.69, 9.17) is 4.74 Å². The number of ether oxygens (including phenoxy) is 1. The van der Waals surface area contributed by atoms with Crippen molar-refractivity contribution in [2.24, 2.45) is 0 Å². The van der Waals surface area contributed by atoms with Gasteiger partial charge >= 0.3 is 0 Å². The molecule has 0 amide bonds. The first-order valence-corrected chi connectivity index (χ1v) is 8.27. The summed E-state index contributed by atoms with van der Waals surface area (Å²) in [6, 6.07) is 10.4. The highest BCUT2D eigenvalue weighted by atomic mass is 32.2. The van der Waals surface area contributed by atoms with Crippen LogP contribution in [-0.2, 0) is 13.2 Å². The van der Waals surface area contributed by atoms with E-state index in [0.717, 1.165) is 12.3 Å². The van der Waals surface area contributed by atoms with Crippen molar-refractivity contribution in [3.05, 3.63) is 45.6 Å². The monoisotopic (exact) mass is 293 g/mol. The normalized spacial score (nSPS) is 10.7. The SMILES string of the molecule is CNCc1cc(COc2ccccc2SC)c(C)s1. The summed E-state index contributed by atoms with van der Waals surface area (Å²) in [5.74, 6) is 0.968. The van der Waals surface area contributed by atoms with Crippen LogP contribution in [0, 0.1) is 6.92 Å². The van der Waals surface area contributed by atoms with Crippen molar-refractivity contribution >= 4 is 23.1 Å². The first-order chi connectivity index (χ1) is 9.24. The number of hydrogen-bond donors (Lipinski definition) is 1. The Kier molecular flexibility index (Phi) is 5.31. The number of nitrogens with one attached hydrogen (secondary N) is 1. The van der Waals surface area contributed by atoms with Crippen LogP contribution < -0.4 is 10.1 Å². The minimum Gasteiger partial charge on any atom is -0.488 e. The highest BCUT2D eigenvalue weighted by molar-refractivity contribution is 7.98. The predicted molar refractivity (Wildman–Crippen MR) is 84.4 cm³/mol. The molecule has 1 N–H and O–H groups in total. The summed E-state index contributed by atoms with van der Waals surface area (Å²) in [7, 11) is 1.97. The molecule has 0 aliphatic heterocycles. The van der Waals surface area contributed by atoms with Crippen molar-refractivity contribution < 1.29 is 4.74 Å². The van der Waals surface area contributed by atoms with Crippen molar-refractivity contribution in [3.8, 4) is 5.75 Å². The second-order valence-corrected chi connectivity index (χ2v) is 6.45. The lowest BCUT2D eigenvalue weighted by Crippen LogP contribution is -2.02. The van der Waals surface area contributed by atoms with Crippen LogP contribution in [0.2, 0.25) is 0 Å². The molecule has 0 aliphatic rings. The van der Waals surface area contributed by atoms with Gasteiger partial charge in [-0.2, -0.15) is 0 Å². The number of thiophene rings is 1. The molecule has 2 aromatic rings. The van der Waals surface area contributed by atoms with E-state index in [1.807, 2.05) is 36.6 Å². The molecule has 0 aliphatic carbocycles. The standard InChI is InChI=1S/C15H19NOS2/c1-11-12(8-13(19-11)9-16-2)10-17-14-6-4-5-7-15(14)18-3/h4-8,16H,9-10H2,1-3H3. The maximum atomic E-state index is 5.95. The third-order valence-corrected chi connectivity index (χ3v) is 4.74. The quantitative estimate of drug-likeness (QED) is 0.811. The fourth-order valence-electron chi connectivity index (χ4n) is 1.89. The van der Waals surface area contributed by atoms with Crippen LogP contribution in [-0.4, -0.2) is 13.3 Å². The Morgan fingerprint density at radius 2 is 2.11 bits per heavy atom. The second-order valence-electron chi connectivity index (χ2n) is 4.26. The van der Waals surface area contributed by atoms with Gasteiger partial charge in [-0.05, 0) is 38.4 Å².